The fraction of sp³-hybridized carbons (Fsp3) is 0.0149. The maximum Gasteiger partial charge on any atom is 0.167 e. The first-order chi connectivity index (χ1) is 37.2. The number of benzene rings is 10. The summed E-state index contributed by atoms with van der Waals surface area (Å²) in [7, 11) is 0. The maximum atomic E-state index is 7.42. The lowest BCUT2D eigenvalue weighted by atomic mass is 9.65. The van der Waals surface area contributed by atoms with Crippen LogP contribution in [0.1, 0.15) is 22.3 Å². The van der Waals surface area contributed by atoms with E-state index in [1.807, 2.05) is 121 Å². The van der Waals surface area contributed by atoms with Crippen molar-refractivity contribution in [3.8, 4) is 96.6 Å². The van der Waals surface area contributed by atoms with Gasteiger partial charge in [0, 0.05) is 55.4 Å². The third-order valence-electron chi connectivity index (χ3n) is 14.7. The first kappa shape index (κ1) is 42.5. The van der Waals surface area contributed by atoms with E-state index in [2.05, 4.69) is 132 Å². The molecule has 0 fully saturated rings. The standard InChI is InChI=1S/C67H41N7O/c1-6-22-42(23-7-1)61-68-62(43-24-8-2-9-25-43)71-65(70-61)46-38-52(66-72-63(44-26-10-3-11-27-44)69-64(73-66)45-28-12-4-13-29-45)60-56(39-46)67(54-35-19-21-37-59(54)75-60)53-34-18-16-32-48(53)50-40-51-49-33-17-20-36-57(49)74(58(51)41-55(50)67)47-30-14-5-15-31-47/h1-41H. The number of para-hydroxylation sites is 3. The van der Waals surface area contributed by atoms with E-state index in [4.69, 9.17) is 34.6 Å². The van der Waals surface area contributed by atoms with Gasteiger partial charge in [-0.3, -0.25) is 0 Å². The highest BCUT2D eigenvalue weighted by molar-refractivity contribution is 6.12. The Kier molecular flexibility index (Phi) is 9.62. The second-order valence-corrected chi connectivity index (χ2v) is 19.0. The minimum Gasteiger partial charge on any atom is -0.456 e. The molecule has 0 bridgehead atoms. The molecule has 1 aliphatic carbocycles. The largest absolute Gasteiger partial charge is 0.456 e. The van der Waals surface area contributed by atoms with Gasteiger partial charge in [0.2, 0.25) is 0 Å². The third kappa shape index (κ3) is 6.70. The molecule has 350 valence electrons. The van der Waals surface area contributed by atoms with Crippen LogP contribution in [-0.4, -0.2) is 34.5 Å². The Balaban J connectivity index is 1.09. The van der Waals surface area contributed by atoms with Crippen molar-refractivity contribution in [1.82, 2.24) is 34.5 Å². The van der Waals surface area contributed by atoms with Gasteiger partial charge in [0.05, 0.1) is 22.0 Å². The van der Waals surface area contributed by atoms with Gasteiger partial charge in [0.1, 0.15) is 11.5 Å². The van der Waals surface area contributed by atoms with E-state index in [0.717, 1.165) is 83.7 Å². The molecular weight excluding hydrogens is 919 g/mol. The van der Waals surface area contributed by atoms with Gasteiger partial charge in [-0.2, -0.15) is 0 Å². The molecule has 1 unspecified atom stereocenters. The van der Waals surface area contributed by atoms with Crippen LogP contribution in [0.15, 0.2) is 249 Å². The third-order valence-corrected chi connectivity index (χ3v) is 14.7. The van der Waals surface area contributed by atoms with E-state index >= 15 is 0 Å². The Morgan fingerprint density at radius 1 is 0.293 bits per heavy atom. The summed E-state index contributed by atoms with van der Waals surface area (Å²) in [6.07, 6.45) is 0. The van der Waals surface area contributed by atoms with Crippen LogP contribution < -0.4 is 4.74 Å². The summed E-state index contributed by atoms with van der Waals surface area (Å²) in [5.41, 5.74) is 13.8. The summed E-state index contributed by atoms with van der Waals surface area (Å²) >= 11 is 0. The molecule has 1 aliphatic heterocycles. The van der Waals surface area contributed by atoms with Gasteiger partial charge in [0.15, 0.2) is 34.9 Å². The summed E-state index contributed by atoms with van der Waals surface area (Å²) in [6, 6.07) is 86.2. The average molecular weight is 960 g/mol. The molecule has 75 heavy (non-hydrogen) atoms. The molecule has 0 amide bonds. The molecule has 15 rings (SSSR count). The van der Waals surface area contributed by atoms with Crippen LogP contribution in [0.5, 0.6) is 11.5 Å². The van der Waals surface area contributed by atoms with Crippen LogP contribution in [0, 0.1) is 0 Å². The fourth-order valence-corrected chi connectivity index (χ4v) is 11.5. The lowest BCUT2D eigenvalue weighted by Crippen LogP contribution is -2.32. The maximum absolute atomic E-state index is 7.42. The lowest BCUT2D eigenvalue weighted by Gasteiger charge is -2.40. The van der Waals surface area contributed by atoms with Crippen molar-refractivity contribution in [2.45, 2.75) is 5.41 Å². The lowest BCUT2D eigenvalue weighted by molar-refractivity contribution is 0.438. The van der Waals surface area contributed by atoms with E-state index in [-0.39, 0.29) is 0 Å². The molecule has 0 saturated heterocycles. The van der Waals surface area contributed by atoms with Crippen LogP contribution >= 0.6 is 0 Å². The van der Waals surface area contributed by atoms with E-state index in [1.54, 1.807) is 0 Å². The normalized spacial score (nSPS) is 14.0. The molecule has 4 heterocycles. The average Bonchev–Trinajstić information content (AvgIpc) is 4.18. The highest BCUT2D eigenvalue weighted by Gasteiger charge is 2.52. The van der Waals surface area contributed by atoms with Gasteiger partial charge in [-0.1, -0.05) is 200 Å². The van der Waals surface area contributed by atoms with Crippen molar-refractivity contribution in [3.05, 3.63) is 271 Å². The Morgan fingerprint density at radius 2 is 0.760 bits per heavy atom. The zero-order valence-electron chi connectivity index (χ0n) is 40.2. The van der Waals surface area contributed by atoms with E-state index < -0.39 is 5.41 Å². The molecule has 0 radical (unpaired) electrons. The van der Waals surface area contributed by atoms with Gasteiger partial charge < -0.3 is 9.30 Å². The summed E-state index contributed by atoms with van der Waals surface area (Å²) in [6.45, 7) is 0. The van der Waals surface area contributed by atoms with Crippen LogP contribution in [-0.2, 0) is 5.41 Å². The van der Waals surface area contributed by atoms with Crippen molar-refractivity contribution < 1.29 is 4.74 Å². The Hall–Kier alpha value is -10.2. The predicted octanol–water partition coefficient (Wildman–Crippen LogP) is 15.6. The Bertz CT molecular complexity index is 4260. The van der Waals surface area contributed by atoms with Gasteiger partial charge in [-0.25, -0.2) is 29.9 Å². The van der Waals surface area contributed by atoms with Gasteiger partial charge in [-0.15, -0.1) is 0 Å². The van der Waals surface area contributed by atoms with Crippen molar-refractivity contribution in [2.24, 2.45) is 0 Å². The zero-order valence-corrected chi connectivity index (χ0v) is 40.2. The van der Waals surface area contributed by atoms with E-state index in [0.29, 0.717) is 46.3 Å². The second-order valence-electron chi connectivity index (χ2n) is 19.0. The van der Waals surface area contributed by atoms with E-state index in [9.17, 15) is 0 Å². The first-order valence-corrected chi connectivity index (χ1v) is 25.1. The predicted molar refractivity (Wildman–Crippen MR) is 298 cm³/mol. The summed E-state index contributed by atoms with van der Waals surface area (Å²) in [5, 5.41) is 2.36. The molecule has 1 spiro atoms. The van der Waals surface area contributed by atoms with Crippen LogP contribution in [0.4, 0.5) is 0 Å². The number of ether oxygens (including phenoxy) is 1. The molecule has 3 aromatic heterocycles. The molecule has 8 heteroatoms. The Labute approximate surface area is 432 Å². The number of fused-ring (bicyclic) bond motifs is 12. The molecular formula is C67H41N7O. The number of aromatic nitrogens is 7. The molecule has 0 N–H and O–H groups in total. The molecule has 13 aromatic rings. The second kappa shape index (κ2) is 17.0. The van der Waals surface area contributed by atoms with Crippen LogP contribution in [0.2, 0.25) is 0 Å². The number of hydrogen-bond donors (Lipinski definition) is 0. The Morgan fingerprint density at radius 3 is 1.35 bits per heavy atom. The van der Waals surface area contributed by atoms with Crippen LogP contribution in [0.25, 0.3) is 107 Å². The van der Waals surface area contributed by atoms with Crippen molar-refractivity contribution in [1.29, 1.82) is 0 Å². The highest BCUT2D eigenvalue weighted by Crippen LogP contribution is 2.64. The molecule has 1 atom stereocenters. The summed E-state index contributed by atoms with van der Waals surface area (Å²) in [4.78, 5) is 31.7. The molecule has 0 saturated carbocycles. The monoisotopic (exact) mass is 959 g/mol. The van der Waals surface area contributed by atoms with Crippen molar-refractivity contribution >= 4 is 21.8 Å². The summed E-state index contributed by atoms with van der Waals surface area (Å²) < 4.78 is 9.82. The molecule has 2 aliphatic rings. The fourth-order valence-electron chi connectivity index (χ4n) is 11.5. The first-order valence-electron chi connectivity index (χ1n) is 25.1. The minimum absolute atomic E-state index is 0.446. The molecule has 8 nitrogen and oxygen atoms in total. The van der Waals surface area contributed by atoms with Crippen molar-refractivity contribution in [3.63, 3.8) is 0 Å². The summed E-state index contributed by atoms with van der Waals surface area (Å²) in [5.74, 6) is 4.50. The SMILES string of the molecule is c1ccc(-c2nc(-c3ccccc3)nc(-c3cc(-c4nc(-c5ccccc5)nc(-c5ccccc5)n4)c4c(c3)C3(c5ccccc5O4)c4ccccc4-c4cc5c6ccccc6n(-c6ccccc6)c5cc43)n2)cc1. The number of hydrogen-bond acceptors (Lipinski definition) is 7. The topological polar surface area (TPSA) is 91.5 Å². The van der Waals surface area contributed by atoms with Crippen LogP contribution in [0.3, 0.4) is 0 Å². The number of nitrogens with zero attached hydrogens (tertiary/aromatic N) is 7. The van der Waals surface area contributed by atoms with Crippen molar-refractivity contribution in [2.75, 3.05) is 0 Å². The van der Waals surface area contributed by atoms with Gasteiger partial charge in [0.25, 0.3) is 0 Å². The van der Waals surface area contributed by atoms with E-state index in [1.165, 1.54) is 10.8 Å². The highest BCUT2D eigenvalue weighted by atomic mass is 16.5. The quantitative estimate of drug-likeness (QED) is 0.157. The molecule has 10 aromatic carbocycles. The minimum atomic E-state index is -0.928. The zero-order chi connectivity index (χ0) is 49.5. The smallest absolute Gasteiger partial charge is 0.167 e. The number of rotatable bonds is 7. The van der Waals surface area contributed by atoms with Gasteiger partial charge in [-0.05, 0) is 70.8 Å². The van der Waals surface area contributed by atoms with Gasteiger partial charge >= 0.3 is 0 Å².